The first kappa shape index (κ1) is 39.3. The minimum Gasteiger partial charge on any atom is -0.350 e. The van der Waals surface area contributed by atoms with Gasteiger partial charge in [0.05, 0.1) is 11.8 Å². The van der Waals surface area contributed by atoms with Crippen molar-refractivity contribution in [2.75, 3.05) is 0 Å². The van der Waals surface area contributed by atoms with Crippen molar-refractivity contribution in [2.45, 2.75) is 114 Å². The molecule has 56 heavy (non-hydrogen) atoms. The van der Waals surface area contributed by atoms with Crippen LogP contribution in [0.3, 0.4) is 0 Å². The van der Waals surface area contributed by atoms with Gasteiger partial charge in [0.25, 0.3) is 0 Å². The molecule has 2 aliphatic carbocycles. The van der Waals surface area contributed by atoms with Gasteiger partial charge in [-0.25, -0.2) is 8.78 Å². The van der Waals surface area contributed by atoms with Gasteiger partial charge in [0, 0.05) is 48.6 Å². The Morgan fingerprint density at radius 3 is 1.18 bits per heavy atom. The van der Waals surface area contributed by atoms with Crippen LogP contribution in [0, 0.1) is 37.3 Å². The lowest BCUT2D eigenvalue weighted by Gasteiger charge is -2.33. The van der Waals surface area contributed by atoms with Gasteiger partial charge in [0.2, 0.25) is 11.8 Å². The molecule has 0 bridgehead atoms. The van der Waals surface area contributed by atoms with E-state index in [0.29, 0.717) is 0 Å². The number of carbonyl (C=O) groups is 4. The number of aryl methyl sites for hydroxylation is 2. The molecule has 0 radical (unpaired) electrons. The van der Waals surface area contributed by atoms with Gasteiger partial charge in [0.15, 0.2) is 0 Å². The zero-order chi connectivity index (χ0) is 39.5. The molecule has 8 rings (SSSR count). The number of Topliss-reactive ketones (excluding diaryl/α,β-unsaturated/α-hetero) is 2. The number of carbonyl (C=O) groups excluding carboxylic acids is 4. The maximum absolute atomic E-state index is 13.1. The lowest BCUT2D eigenvalue weighted by atomic mass is 9.72. The Balaban J connectivity index is 0.000000172. The van der Waals surface area contributed by atoms with E-state index in [2.05, 4.69) is 73.0 Å². The molecule has 2 saturated heterocycles. The van der Waals surface area contributed by atoms with Crippen LogP contribution >= 0.6 is 0 Å². The van der Waals surface area contributed by atoms with Gasteiger partial charge in [-0.3, -0.25) is 19.2 Å². The summed E-state index contributed by atoms with van der Waals surface area (Å²) in [6, 6.07) is 28.8. The predicted octanol–water partition coefficient (Wildman–Crippen LogP) is 8.96. The van der Waals surface area contributed by atoms with E-state index >= 15 is 0 Å². The zero-order valence-electron chi connectivity index (χ0n) is 32.4. The maximum atomic E-state index is 13.1. The lowest BCUT2D eigenvalue weighted by molar-refractivity contribution is -0.127. The van der Waals surface area contributed by atoms with Gasteiger partial charge in [-0.15, -0.1) is 0 Å². The molecule has 2 saturated carbocycles. The van der Waals surface area contributed by atoms with E-state index in [1.165, 1.54) is 35.4 Å². The summed E-state index contributed by atoms with van der Waals surface area (Å²) in [4.78, 5) is 51.3. The van der Waals surface area contributed by atoms with E-state index in [0.717, 1.165) is 73.6 Å². The quantitative estimate of drug-likeness (QED) is 0.169. The number of nitrogens with one attached hydrogen (secondary N) is 2. The highest BCUT2D eigenvalue weighted by Crippen LogP contribution is 2.52. The number of benzene rings is 4. The Hall–Kier alpha value is -4.98. The molecule has 2 heterocycles. The first-order chi connectivity index (χ1) is 26.9. The van der Waals surface area contributed by atoms with E-state index < -0.39 is 0 Å². The third-order valence-corrected chi connectivity index (χ3v) is 12.8. The van der Waals surface area contributed by atoms with Crippen LogP contribution in [-0.4, -0.2) is 34.5 Å². The summed E-state index contributed by atoms with van der Waals surface area (Å²) in [6.07, 6.45) is 9.25. The van der Waals surface area contributed by atoms with Crippen molar-refractivity contribution in [1.82, 2.24) is 10.6 Å². The number of hydrogen-bond acceptors (Lipinski definition) is 4. The van der Waals surface area contributed by atoms with Crippen LogP contribution in [0.1, 0.15) is 109 Å². The molecular weight excluding hydrogens is 707 g/mol. The summed E-state index contributed by atoms with van der Waals surface area (Å²) in [6.45, 7) is 4.10. The molecule has 2 N–H and O–H groups in total. The van der Waals surface area contributed by atoms with Crippen LogP contribution in [0.2, 0.25) is 0 Å². The van der Waals surface area contributed by atoms with Gasteiger partial charge in [0.1, 0.15) is 23.2 Å². The lowest BCUT2D eigenvalue weighted by Crippen LogP contribution is -2.42. The Morgan fingerprint density at radius 2 is 0.857 bits per heavy atom. The molecule has 4 aromatic rings. The van der Waals surface area contributed by atoms with E-state index in [9.17, 15) is 28.0 Å². The largest absolute Gasteiger partial charge is 0.350 e. The van der Waals surface area contributed by atoms with Crippen molar-refractivity contribution in [3.05, 3.63) is 142 Å². The second-order valence-electron chi connectivity index (χ2n) is 16.8. The highest BCUT2D eigenvalue weighted by atomic mass is 19.1. The van der Waals surface area contributed by atoms with E-state index in [1.54, 1.807) is 24.3 Å². The SMILES string of the molecule is Cc1ccc([C@H]2C(CC(=O)Cc3ccc(F)cc3)C(=O)NC23CCCC3)cc1.Cc1ccc([C@H]2C(CC(=O)Cc3ccc(F)cc3)C(=O)NC23CCCC3)cc1. The molecule has 2 amide bonds. The normalized spacial score (nSPS) is 23.1. The average Bonchev–Trinajstić information content (AvgIpc) is 3.95. The number of hydrogen-bond donors (Lipinski definition) is 2. The van der Waals surface area contributed by atoms with Crippen LogP contribution in [0.5, 0.6) is 0 Å². The summed E-state index contributed by atoms with van der Waals surface area (Å²) >= 11 is 0. The molecule has 2 aliphatic heterocycles. The first-order valence-electron chi connectivity index (χ1n) is 20.2. The number of halogens is 2. The fourth-order valence-electron chi connectivity index (χ4n) is 10.2. The third kappa shape index (κ3) is 8.54. The summed E-state index contributed by atoms with van der Waals surface area (Å²) in [5.74, 6) is -1.19. The predicted molar refractivity (Wildman–Crippen MR) is 213 cm³/mol. The summed E-state index contributed by atoms with van der Waals surface area (Å²) < 4.78 is 26.2. The van der Waals surface area contributed by atoms with Crippen molar-refractivity contribution >= 4 is 23.4 Å². The highest BCUT2D eigenvalue weighted by Gasteiger charge is 2.56. The number of rotatable bonds is 10. The fraction of sp³-hybridized carbons (Fsp3) is 0.417. The second kappa shape index (κ2) is 16.6. The van der Waals surface area contributed by atoms with Crippen LogP contribution < -0.4 is 10.6 Å². The van der Waals surface area contributed by atoms with Crippen LogP contribution in [0.4, 0.5) is 8.78 Å². The summed E-state index contributed by atoms with van der Waals surface area (Å²) in [5, 5.41) is 6.56. The molecule has 4 fully saturated rings. The topological polar surface area (TPSA) is 92.3 Å². The summed E-state index contributed by atoms with van der Waals surface area (Å²) in [7, 11) is 0. The van der Waals surface area contributed by atoms with Gasteiger partial charge >= 0.3 is 0 Å². The van der Waals surface area contributed by atoms with E-state index in [1.807, 2.05) is 0 Å². The molecule has 4 aromatic carbocycles. The molecule has 2 spiro atoms. The highest BCUT2D eigenvalue weighted by molar-refractivity contribution is 5.92. The average molecular weight is 759 g/mol. The number of ketones is 2. The summed E-state index contributed by atoms with van der Waals surface area (Å²) in [5.41, 5.74) is 5.80. The fourth-order valence-corrected chi connectivity index (χ4v) is 10.2. The molecule has 2 unspecified atom stereocenters. The van der Waals surface area contributed by atoms with Crippen molar-refractivity contribution in [2.24, 2.45) is 11.8 Å². The molecular formula is C48H52F2N2O4. The molecule has 4 atom stereocenters. The van der Waals surface area contributed by atoms with Crippen molar-refractivity contribution in [3.8, 4) is 0 Å². The minimum absolute atomic E-state index is 0.0000638. The molecule has 6 nitrogen and oxygen atoms in total. The smallest absolute Gasteiger partial charge is 0.224 e. The van der Waals surface area contributed by atoms with Crippen LogP contribution in [0.15, 0.2) is 97.1 Å². The Morgan fingerprint density at radius 1 is 0.536 bits per heavy atom. The second-order valence-corrected chi connectivity index (χ2v) is 16.8. The molecule has 4 aliphatic rings. The molecule has 8 heteroatoms. The molecule has 292 valence electrons. The standard InChI is InChI=1S/2C24H26FNO2/c2*1-16-4-8-18(9-5-16)22-21(23(28)26-24(22)12-2-3-13-24)15-20(27)14-17-6-10-19(25)11-7-17/h2*4-11,21-22H,2-3,12-15H2,1H3,(H,26,28)/t2*21?,22-/m00/s1. The van der Waals surface area contributed by atoms with Crippen LogP contribution in [0.25, 0.3) is 0 Å². The number of amides is 2. The Kier molecular flexibility index (Phi) is 11.7. The van der Waals surface area contributed by atoms with Gasteiger partial charge in [-0.2, -0.15) is 0 Å². The van der Waals surface area contributed by atoms with E-state index in [-0.39, 0.29) is 95.4 Å². The van der Waals surface area contributed by atoms with Crippen molar-refractivity contribution in [3.63, 3.8) is 0 Å². The first-order valence-corrected chi connectivity index (χ1v) is 20.2. The molecule has 0 aromatic heterocycles. The Labute approximate surface area is 328 Å². The van der Waals surface area contributed by atoms with Gasteiger partial charge < -0.3 is 10.6 Å². The third-order valence-electron chi connectivity index (χ3n) is 12.8. The zero-order valence-corrected chi connectivity index (χ0v) is 32.4. The monoisotopic (exact) mass is 758 g/mol. The Bertz CT molecular complexity index is 1880. The minimum atomic E-state index is -0.339. The van der Waals surface area contributed by atoms with Gasteiger partial charge in [-0.1, -0.05) is 110 Å². The maximum Gasteiger partial charge on any atom is 0.224 e. The van der Waals surface area contributed by atoms with Crippen LogP contribution in [-0.2, 0) is 32.0 Å². The van der Waals surface area contributed by atoms with Crippen molar-refractivity contribution < 1.29 is 28.0 Å². The van der Waals surface area contributed by atoms with Gasteiger partial charge in [-0.05, 0) is 86.1 Å². The van der Waals surface area contributed by atoms with Crippen molar-refractivity contribution in [1.29, 1.82) is 0 Å². The van der Waals surface area contributed by atoms with E-state index in [4.69, 9.17) is 0 Å².